The molecule has 0 aromatic heterocycles. The van der Waals surface area contributed by atoms with Crippen LogP contribution >= 0.6 is 0 Å². The van der Waals surface area contributed by atoms with Gasteiger partial charge >= 0.3 is 59.7 Å². The van der Waals surface area contributed by atoms with Gasteiger partial charge in [-0.3, -0.25) is 47.9 Å². The minimum atomic E-state index is -3.45. The van der Waals surface area contributed by atoms with E-state index >= 15 is 0 Å². The minimum Gasteiger partial charge on any atom is -0.462 e. The maximum absolute atomic E-state index is 13.3. The number of aliphatic hydroxyl groups is 5. The Morgan fingerprint density at radius 2 is 0.566 bits per heavy atom. The third-order valence-electron chi connectivity index (χ3n) is 31.4. The Labute approximate surface area is 927 Å². The molecule has 145 heavy (non-hydrogen) atoms. The predicted molar refractivity (Wildman–Crippen MR) is 554 cm³/mol. The lowest BCUT2D eigenvalue weighted by molar-refractivity contribution is -0.162. The Hall–Kier alpha value is -8.10. The Kier molecular flexibility index (Phi) is 26.4. The quantitative estimate of drug-likeness (QED) is 0.0291. The zero-order chi connectivity index (χ0) is 142. The molecule has 5 aliphatic heterocycles. The van der Waals surface area contributed by atoms with E-state index in [9.17, 15) is 47.9 Å². The van der Waals surface area contributed by atoms with Crippen molar-refractivity contribution in [1.29, 1.82) is 7.16 Å². The van der Waals surface area contributed by atoms with Crippen molar-refractivity contribution in [1.82, 2.24) is 0 Å². The molecule has 10 aliphatic carbocycles. The molecule has 0 aromatic carbocycles. The molecule has 810 valence electrons. The van der Waals surface area contributed by atoms with Crippen molar-refractivity contribution < 1.29 is 174 Å². The average molecular weight is 2070 g/mol. The zero-order valence-corrected chi connectivity index (χ0v) is 84.8. The largest absolute Gasteiger partial charge is 0.462 e. The summed E-state index contributed by atoms with van der Waals surface area (Å²) in [5.41, 5.74) is 3.47. The molecular weight excluding hydrogens is 1840 g/mol. The van der Waals surface area contributed by atoms with Gasteiger partial charge in [-0.15, -0.1) is 0 Å². The van der Waals surface area contributed by atoms with Crippen LogP contribution in [0, 0.1) is 148 Å². The number of ether oxygens (including phenoxy) is 10. The van der Waals surface area contributed by atoms with E-state index in [0.717, 1.165) is 12.5 Å². The summed E-state index contributed by atoms with van der Waals surface area (Å²) < 4.78 is 398. The first-order valence-corrected chi connectivity index (χ1v) is 52.0. The number of hydrogen-bond donors (Lipinski definition) is 5. The van der Waals surface area contributed by atoms with Crippen molar-refractivity contribution in [2.45, 2.75) is 422 Å². The van der Waals surface area contributed by atoms with Crippen LogP contribution in [0.2, 0.25) is 0 Å². The lowest BCUT2D eigenvalue weighted by Crippen LogP contribution is -2.42. The molecule has 15 rings (SSSR count). The molecule has 15 aliphatic rings. The van der Waals surface area contributed by atoms with Gasteiger partial charge in [-0.1, -0.05) is 229 Å². The highest BCUT2D eigenvalue weighted by molar-refractivity contribution is 5.76. The third kappa shape index (κ3) is 33.0. The molecule has 0 aromatic rings. The first kappa shape index (κ1) is 69.4. The summed E-state index contributed by atoms with van der Waals surface area (Å²) in [7, 11) is 0. The van der Waals surface area contributed by atoms with E-state index in [1.807, 2.05) is 70.2 Å². The van der Waals surface area contributed by atoms with Gasteiger partial charge in [0.05, 0.1) is 92.1 Å². The van der Waals surface area contributed by atoms with Gasteiger partial charge in [-0.2, -0.15) is 0 Å². The molecule has 5 unspecified atom stereocenters. The van der Waals surface area contributed by atoms with Gasteiger partial charge in [0, 0.05) is 115 Å². The zero-order valence-electron chi connectivity index (χ0n) is 129. The third-order valence-corrected chi connectivity index (χ3v) is 31.4. The number of rotatable bonds is 35. The van der Waals surface area contributed by atoms with Crippen molar-refractivity contribution in [3.05, 3.63) is 119 Å². The lowest BCUT2D eigenvalue weighted by Gasteiger charge is -2.43. The number of fused-ring (bicyclic) bond motifs is 5. The van der Waals surface area contributed by atoms with Crippen LogP contribution < -0.4 is 0 Å². The van der Waals surface area contributed by atoms with Gasteiger partial charge in [-0.25, -0.2) is 0 Å². The molecule has 40 atom stereocenters. The molecule has 25 heteroatoms. The Morgan fingerprint density at radius 3 is 0.793 bits per heavy atom. The van der Waals surface area contributed by atoms with Gasteiger partial charge in [0.1, 0.15) is 61.0 Å². The SMILES string of the molecule is [2H]O[C@H]1CC(=O)OC(CC[C@@H]2[C@@H]3C(=C[C@H](C([2H])([2H])[2H])C[C@@H]3OC(=O)[C@@H](C([2H])([2H])[2H])C([2H])([2H])C([2H])([2H])[2H])C=C[C@@H]2C)C1.[2H]O[C@H]1CC(=O)OC(CC[C@@H]2[C@@H]3C(=C[C@H](C([2H])([2H])[2H])C[C@@H]3OC(=O)[C@@H](C)C([2H])([2H])C([2H])([2H])[2H])C=C[C@@H]2C)C1.[2H]O[C@H]1CC(=O)OC(CC[C@@H]2[C@@H]3C(=C[C@H](C([2H])([2H])[2H])C[C@@H]3OC(=O)[C@@]([2H])(C)C([2H])([2H])C([2H])([2H])[2H])C=C[C@@H]2C)C1.[2H]O[C@H]1CC(=O)OC(CC[C@@H]2[C@@H]3C(=C[C@H](C([2H])([2H])[2H])C[C@@H]3OC(=O)[C@@]([2H])(C)CC)C=C[C@@H]2C)C1.[2H]O[C@H]1CC(=O)OC(CC[C@@H]2[C@@H]3C(=C[C@H](C([2H])([2H])[2H])C[C@@H]3OC(=O)[C@]([2H])(CC)C([2H])([2H])[2H])C=C[C@@H]2C)C1. The van der Waals surface area contributed by atoms with Crippen molar-refractivity contribution in [2.24, 2.45) is 148 Å². The molecule has 5 heterocycles. The second kappa shape index (κ2) is 55.1. The van der Waals surface area contributed by atoms with E-state index in [-0.39, 0.29) is 148 Å². The van der Waals surface area contributed by atoms with Crippen LogP contribution in [0.3, 0.4) is 0 Å². The molecule has 5 saturated heterocycles. The van der Waals surface area contributed by atoms with Gasteiger partial charge in [0.25, 0.3) is 0 Å². The van der Waals surface area contributed by atoms with E-state index in [4.69, 9.17) is 108 Å². The predicted octanol–water partition coefficient (Wildman–Crippen LogP) is 21.0. The van der Waals surface area contributed by atoms with Crippen molar-refractivity contribution in [2.75, 3.05) is 0 Å². The Morgan fingerprint density at radius 1 is 0.331 bits per heavy atom. The summed E-state index contributed by atoms with van der Waals surface area (Å²) in [6, 6.07) is 0. The van der Waals surface area contributed by atoms with Crippen LogP contribution in [0.4, 0.5) is 0 Å². The molecule has 0 bridgehead atoms. The minimum absolute atomic E-state index is 0.00223. The normalized spacial score (nSPS) is 44.1. The molecule has 0 amide bonds. The fourth-order valence-electron chi connectivity index (χ4n) is 23.6. The molecule has 5 N–H and O–H groups in total. The topological polar surface area (TPSA) is 364 Å². The number of allylic oxidation sites excluding steroid dienone is 15. The van der Waals surface area contributed by atoms with E-state index in [1.54, 1.807) is 49.5 Å². The maximum Gasteiger partial charge on any atom is 0.308 e. The Bertz CT molecular complexity index is 6430. The summed E-state index contributed by atoms with van der Waals surface area (Å²) in [6.45, 7) is -11.2. The number of carbonyl (C=O) groups excluding carboxylic acids is 10. The van der Waals surface area contributed by atoms with Gasteiger partial charge in [0.2, 0.25) is 7.16 Å². The molecular formula is C120H180O25. The maximum atomic E-state index is 13.3. The summed E-state index contributed by atoms with van der Waals surface area (Å²) >= 11 is 0. The van der Waals surface area contributed by atoms with Crippen LogP contribution in [0.1, 0.15) is 384 Å². The smallest absolute Gasteiger partial charge is 0.308 e. The standard InChI is InChI=1S/5C24H36O5/c5*1-5-15(3)24(27)29-21-11-14(2)10-17-7-6-16(4)20(23(17)21)9-8-19-12-18(25)13-22(26)28-19/h5*6-7,10,14-16,18-21,23,25H,5,8-9,11-13H2,1-4H3/t5*14-,15-,16-,18+,19?,20-,21-,23-/m00000/s1/i1D3,2D3,5D2,15D,25D;1D3,2D3,3D3,5D2,25D;2D3,3D3,15D,25D;1D3,2D3,5D2,25D;2D3,15D,25D. The summed E-state index contributed by atoms with van der Waals surface area (Å²) in [5.74, 6) is -26.1. The molecule has 5 fully saturated rings. The Balaban J connectivity index is 0.000000219. The van der Waals surface area contributed by atoms with Crippen molar-refractivity contribution in [3.8, 4) is 0 Å². The second-order valence-electron chi connectivity index (χ2n) is 42.3. The number of hydrogen-bond acceptors (Lipinski definition) is 25. The lowest BCUT2D eigenvalue weighted by atomic mass is 9.65. The van der Waals surface area contributed by atoms with Crippen LogP contribution in [-0.2, 0) is 95.3 Å². The highest BCUT2D eigenvalue weighted by Gasteiger charge is 2.50. The van der Waals surface area contributed by atoms with E-state index < -0.39 is 310 Å². The van der Waals surface area contributed by atoms with Gasteiger partial charge < -0.3 is 72.9 Å². The fourth-order valence-corrected chi connectivity index (χ4v) is 23.6. The van der Waals surface area contributed by atoms with Gasteiger partial charge in [0.15, 0.2) is 0 Å². The first-order chi connectivity index (χ1) is 86.9. The molecule has 0 saturated carbocycles. The van der Waals surface area contributed by atoms with Crippen molar-refractivity contribution >= 4 is 59.7 Å². The monoisotopic (exact) mass is 2070 g/mol. The number of cyclic esters (lactones) is 5. The van der Waals surface area contributed by atoms with Crippen LogP contribution in [0.5, 0.6) is 0 Å². The number of esters is 10. The summed E-state index contributed by atoms with van der Waals surface area (Å²) in [4.78, 5) is 125. The van der Waals surface area contributed by atoms with Crippen LogP contribution in [0.15, 0.2) is 119 Å². The fraction of sp³-hybridized carbons (Fsp3) is 0.750. The highest BCUT2D eigenvalue weighted by atomic mass is 16.6. The van der Waals surface area contributed by atoms with E-state index in [1.165, 1.54) is 20.8 Å². The number of aliphatic hydroxyl groups excluding tert-OH is 5. The van der Waals surface area contributed by atoms with Crippen LogP contribution in [-0.4, -0.2) is 184 Å². The number of carbonyl (C=O) groups is 10. The molecule has 0 spiro atoms. The second-order valence-corrected chi connectivity index (χ2v) is 42.3. The average Bonchev–Trinajstić information content (AvgIpc) is 0.766. The molecule has 0 radical (unpaired) electrons. The summed E-state index contributed by atoms with van der Waals surface area (Å²) in [6.07, 6.45) is 15.1. The highest BCUT2D eigenvalue weighted by Crippen LogP contribution is 2.53. The molecule has 25 nitrogen and oxygen atoms in total. The first-order valence-electron chi connectivity index (χ1n) is 73.5. The summed E-state index contributed by atoms with van der Waals surface area (Å²) in [5, 5.41) is 23.1. The van der Waals surface area contributed by atoms with Crippen molar-refractivity contribution in [3.63, 3.8) is 0 Å². The van der Waals surface area contributed by atoms with Gasteiger partial charge in [-0.05, 0) is 245 Å². The van der Waals surface area contributed by atoms with Crippen LogP contribution in [0.25, 0.3) is 0 Å². The van der Waals surface area contributed by atoms with E-state index in [2.05, 4.69) is 38.5 Å². The van der Waals surface area contributed by atoms with E-state index in [0.29, 0.717) is 125 Å².